The molecule has 29 heavy (non-hydrogen) atoms. The van der Waals surface area contributed by atoms with Crippen molar-refractivity contribution in [2.45, 2.75) is 33.1 Å². The summed E-state index contributed by atoms with van der Waals surface area (Å²) in [6, 6.07) is 5.35. The Morgan fingerprint density at radius 1 is 1.28 bits per heavy atom. The fourth-order valence-electron chi connectivity index (χ4n) is 3.60. The van der Waals surface area contributed by atoms with E-state index in [0.717, 1.165) is 39.8 Å². The number of halogens is 2. The highest BCUT2D eigenvalue weighted by Gasteiger charge is 2.30. The molecule has 0 bridgehead atoms. The van der Waals surface area contributed by atoms with Gasteiger partial charge in [0.2, 0.25) is 0 Å². The van der Waals surface area contributed by atoms with Gasteiger partial charge in [0.15, 0.2) is 0 Å². The molecule has 1 aliphatic carbocycles. The van der Waals surface area contributed by atoms with Crippen molar-refractivity contribution in [1.29, 1.82) is 0 Å². The van der Waals surface area contributed by atoms with Crippen molar-refractivity contribution in [3.8, 4) is 0 Å². The third-order valence-corrected chi connectivity index (χ3v) is 8.08. The van der Waals surface area contributed by atoms with Crippen molar-refractivity contribution in [2.75, 3.05) is 11.9 Å². The third kappa shape index (κ3) is 3.91. The molecule has 4 nitrogen and oxygen atoms in total. The molecule has 0 spiro atoms. The van der Waals surface area contributed by atoms with Crippen LogP contribution in [0.5, 0.6) is 0 Å². The highest BCUT2D eigenvalue weighted by atomic mass is 35.5. The van der Waals surface area contributed by atoms with Gasteiger partial charge < -0.3 is 10.1 Å². The van der Waals surface area contributed by atoms with E-state index in [1.54, 1.807) is 19.1 Å². The summed E-state index contributed by atoms with van der Waals surface area (Å²) >= 11 is 15.3. The molecule has 1 amide bonds. The van der Waals surface area contributed by atoms with Gasteiger partial charge in [-0.15, -0.1) is 22.7 Å². The van der Waals surface area contributed by atoms with E-state index in [1.165, 1.54) is 22.7 Å². The fraction of sp³-hybridized carbons (Fsp3) is 0.333. The van der Waals surface area contributed by atoms with E-state index >= 15 is 0 Å². The molecule has 0 fully saturated rings. The fourth-order valence-corrected chi connectivity index (χ4v) is 6.69. The van der Waals surface area contributed by atoms with Gasteiger partial charge in [-0.05, 0) is 49.8 Å². The summed E-state index contributed by atoms with van der Waals surface area (Å²) in [5.41, 5.74) is 1.50. The van der Waals surface area contributed by atoms with Gasteiger partial charge in [0.25, 0.3) is 5.91 Å². The van der Waals surface area contributed by atoms with Crippen molar-refractivity contribution in [3.63, 3.8) is 0 Å². The average Bonchev–Trinajstić information content (AvgIpc) is 3.18. The summed E-state index contributed by atoms with van der Waals surface area (Å²) < 4.78 is 6.12. The van der Waals surface area contributed by atoms with Gasteiger partial charge in [0.1, 0.15) is 9.88 Å². The van der Waals surface area contributed by atoms with Crippen molar-refractivity contribution >= 4 is 72.8 Å². The minimum absolute atomic E-state index is 0.288. The van der Waals surface area contributed by atoms with Gasteiger partial charge in [-0.1, -0.05) is 36.2 Å². The monoisotopic (exact) mass is 467 g/mol. The van der Waals surface area contributed by atoms with Crippen LogP contribution >= 0.6 is 45.9 Å². The lowest BCUT2D eigenvalue weighted by molar-refractivity contribution is 0.0526. The minimum Gasteiger partial charge on any atom is -0.462 e. The Morgan fingerprint density at radius 3 is 2.83 bits per heavy atom. The number of hydrogen-bond donors (Lipinski definition) is 1. The van der Waals surface area contributed by atoms with Crippen LogP contribution in [0.1, 0.15) is 50.7 Å². The van der Waals surface area contributed by atoms with Gasteiger partial charge in [-0.25, -0.2) is 4.79 Å². The smallest absolute Gasteiger partial charge is 0.341 e. The number of fused-ring (bicyclic) bond motifs is 2. The van der Waals surface area contributed by atoms with E-state index < -0.39 is 0 Å². The van der Waals surface area contributed by atoms with Crippen LogP contribution in [0.4, 0.5) is 5.00 Å². The van der Waals surface area contributed by atoms with Crippen molar-refractivity contribution in [2.24, 2.45) is 5.92 Å². The molecule has 3 aromatic rings. The lowest BCUT2D eigenvalue weighted by Crippen LogP contribution is -2.16. The predicted molar refractivity (Wildman–Crippen MR) is 121 cm³/mol. The molecule has 0 saturated heterocycles. The van der Waals surface area contributed by atoms with E-state index in [1.807, 2.05) is 6.07 Å². The molecule has 1 aliphatic rings. The molecule has 0 radical (unpaired) electrons. The molecular weight excluding hydrogens is 449 g/mol. The second-order valence-corrected chi connectivity index (χ2v) is 10.1. The molecule has 1 atom stereocenters. The first-order valence-electron chi connectivity index (χ1n) is 9.39. The molecular formula is C21H19Cl2NO3S2. The van der Waals surface area contributed by atoms with Crippen LogP contribution in [-0.2, 0) is 17.6 Å². The van der Waals surface area contributed by atoms with Crippen LogP contribution in [0.3, 0.4) is 0 Å². The lowest BCUT2D eigenvalue weighted by atomic mass is 9.88. The molecule has 8 heteroatoms. The maximum atomic E-state index is 13.0. The normalized spacial score (nSPS) is 15.9. The SMILES string of the molecule is CCOC(=O)c1c(NC(=O)c2sc3cc(Cl)ccc3c2Cl)sc2c1CCC(C)C2. The van der Waals surface area contributed by atoms with Crippen LogP contribution in [0.2, 0.25) is 10.0 Å². The zero-order chi connectivity index (χ0) is 20.7. The highest BCUT2D eigenvalue weighted by molar-refractivity contribution is 7.22. The zero-order valence-corrected chi connectivity index (χ0v) is 19.1. The maximum absolute atomic E-state index is 13.0. The standard InChI is InChI=1S/C21H19Cl2NO3S2/c1-3-27-21(26)16-12-6-4-10(2)8-14(12)29-20(16)24-19(25)18-17(23)13-7-5-11(22)9-15(13)28-18/h5,7,9-10H,3-4,6,8H2,1-2H3,(H,24,25). The molecule has 4 rings (SSSR count). The second kappa shape index (κ2) is 8.26. The molecule has 2 heterocycles. The number of carbonyl (C=O) groups excluding carboxylic acids is 2. The Kier molecular flexibility index (Phi) is 5.89. The molecule has 0 saturated carbocycles. The first-order chi connectivity index (χ1) is 13.9. The molecule has 0 aliphatic heterocycles. The van der Waals surface area contributed by atoms with Crippen LogP contribution in [-0.4, -0.2) is 18.5 Å². The summed E-state index contributed by atoms with van der Waals surface area (Å²) in [4.78, 5) is 27.2. The molecule has 1 unspecified atom stereocenters. The van der Waals surface area contributed by atoms with Gasteiger partial charge in [-0.2, -0.15) is 0 Å². The molecule has 1 N–H and O–H groups in total. The number of benzene rings is 1. The minimum atomic E-state index is -0.385. The van der Waals surface area contributed by atoms with E-state index in [9.17, 15) is 9.59 Å². The molecule has 1 aromatic carbocycles. The number of anilines is 1. The Labute approximate surface area is 186 Å². The number of nitrogens with one attached hydrogen (secondary N) is 1. The largest absolute Gasteiger partial charge is 0.462 e. The Morgan fingerprint density at radius 2 is 2.07 bits per heavy atom. The summed E-state index contributed by atoms with van der Waals surface area (Å²) in [5.74, 6) is -0.157. The first kappa shape index (κ1) is 20.7. The van der Waals surface area contributed by atoms with Crippen LogP contribution in [0, 0.1) is 5.92 Å². The summed E-state index contributed by atoms with van der Waals surface area (Å²) in [7, 11) is 0. The number of carbonyl (C=O) groups is 2. The van der Waals surface area contributed by atoms with Crippen molar-refractivity contribution in [3.05, 3.63) is 49.1 Å². The van der Waals surface area contributed by atoms with Crippen molar-refractivity contribution in [1.82, 2.24) is 0 Å². The highest BCUT2D eigenvalue weighted by Crippen LogP contribution is 2.42. The summed E-state index contributed by atoms with van der Waals surface area (Å²) in [6.07, 6.45) is 2.75. The Hall–Kier alpha value is -1.60. The number of hydrogen-bond acceptors (Lipinski definition) is 5. The maximum Gasteiger partial charge on any atom is 0.341 e. The number of thiophene rings is 2. The van der Waals surface area contributed by atoms with Gasteiger partial charge in [-0.3, -0.25) is 4.79 Å². The molecule has 152 valence electrons. The topological polar surface area (TPSA) is 55.4 Å². The predicted octanol–water partition coefficient (Wildman–Crippen LogP) is 6.82. The Balaban J connectivity index is 1.71. The van der Waals surface area contributed by atoms with E-state index in [-0.39, 0.29) is 18.5 Å². The summed E-state index contributed by atoms with van der Waals surface area (Å²) in [6.45, 7) is 4.27. The second-order valence-electron chi connectivity index (χ2n) is 7.12. The molecule has 2 aromatic heterocycles. The number of rotatable bonds is 4. The number of esters is 1. The van der Waals surface area contributed by atoms with Crippen LogP contribution in [0.25, 0.3) is 10.1 Å². The van der Waals surface area contributed by atoms with E-state index in [0.29, 0.717) is 31.4 Å². The van der Waals surface area contributed by atoms with Crippen molar-refractivity contribution < 1.29 is 14.3 Å². The average molecular weight is 468 g/mol. The van der Waals surface area contributed by atoms with Crippen LogP contribution < -0.4 is 5.32 Å². The van der Waals surface area contributed by atoms with Crippen LogP contribution in [0.15, 0.2) is 18.2 Å². The van der Waals surface area contributed by atoms with E-state index in [2.05, 4.69) is 12.2 Å². The first-order valence-corrected chi connectivity index (χ1v) is 11.8. The number of ether oxygens (including phenoxy) is 1. The Bertz CT molecular complexity index is 1120. The lowest BCUT2D eigenvalue weighted by Gasteiger charge is -2.18. The zero-order valence-electron chi connectivity index (χ0n) is 15.9. The van der Waals surface area contributed by atoms with Gasteiger partial charge in [0, 0.05) is 20.0 Å². The van der Waals surface area contributed by atoms with Gasteiger partial charge in [0.05, 0.1) is 17.2 Å². The summed E-state index contributed by atoms with van der Waals surface area (Å²) in [5, 5.41) is 5.24. The third-order valence-electron chi connectivity index (χ3n) is 5.02. The number of amides is 1. The van der Waals surface area contributed by atoms with E-state index in [4.69, 9.17) is 27.9 Å². The quantitative estimate of drug-likeness (QED) is 0.428. The van der Waals surface area contributed by atoms with Gasteiger partial charge >= 0.3 is 5.97 Å².